The summed E-state index contributed by atoms with van der Waals surface area (Å²) in [6.07, 6.45) is 48.9. The molecule has 442 valence electrons. The van der Waals surface area contributed by atoms with E-state index in [1.165, 1.54) is 57.8 Å². The van der Waals surface area contributed by atoms with Crippen LogP contribution in [0.2, 0.25) is 0 Å². The van der Waals surface area contributed by atoms with Crippen LogP contribution < -0.4 is 0 Å². The van der Waals surface area contributed by atoms with Crippen LogP contribution in [0, 0.1) is 0 Å². The molecule has 77 heavy (non-hydrogen) atoms. The summed E-state index contributed by atoms with van der Waals surface area (Å²) in [7, 11) is 0. The van der Waals surface area contributed by atoms with Gasteiger partial charge < -0.3 is 64.2 Å². The highest BCUT2D eigenvalue weighted by atomic mass is 16.7. The molecule has 0 aromatic carbocycles. The monoisotopic (exact) mass is 1090 g/mol. The molecule has 2 saturated heterocycles. The lowest BCUT2D eigenvalue weighted by Crippen LogP contribution is -2.61. The number of ether oxygens (including phenoxy) is 6. The summed E-state index contributed by atoms with van der Waals surface area (Å²) in [4.78, 5) is 13.1. The maximum Gasteiger partial charge on any atom is 0.306 e. The average Bonchev–Trinajstić information content (AvgIpc) is 3.43. The van der Waals surface area contributed by atoms with Gasteiger partial charge in [0.15, 0.2) is 12.6 Å². The van der Waals surface area contributed by atoms with Gasteiger partial charge in [-0.05, 0) is 89.9 Å². The molecule has 0 spiro atoms. The third-order valence-electron chi connectivity index (χ3n) is 13.6. The summed E-state index contributed by atoms with van der Waals surface area (Å²) >= 11 is 0. The van der Waals surface area contributed by atoms with E-state index in [0.29, 0.717) is 13.0 Å². The molecule has 2 aliphatic rings. The largest absolute Gasteiger partial charge is 0.457 e. The van der Waals surface area contributed by atoms with E-state index in [1.54, 1.807) is 0 Å². The summed E-state index contributed by atoms with van der Waals surface area (Å²) in [5.41, 5.74) is 0. The lowest BCUT2D eigenvalue weighted by Gasteiger charge is -2.42. The molecule has 2 fully saturated rings. The lowest BCUT2D eigenvalue weighted by molar-refractivity contribution is -0.332. The smallest absolute Gasteiger partial charge is 0.306 e. The normalized spacial score (nSPS) is 25.0. The fourth-order valence-corrected chi connectivity index (χ4v) is 8.86. The maximum absolute atomic E-state index is 13.1. The van der Waals surface area contributed by atoms with E-state index in [9.17, 15) is 40.5 Å². The Hall–Kier alpha value is -3.09. The van der Waals surface area contributed by atoms with Crippen LogP contribution in [-0.2, 0) is 33.2 Å². The van der Waals surface area contributed by atoms with Crippen molar-refractivity contribution < 1.29 is 69.0 Å². The number of aliphatic hydroxyl groups is 7. The first-order valence-corrected chi connectivity index (χ1v) is 29.8. The highest BCUT2D eigenvalue weighted by molar-refractivity contribution is 5.69. The number of carbonyl (C=O) groups excluding carboxylic acids is 1. The summed E-state index contributed by atoms with van der Waals surface area (Å²) in [5, 5.41) is 72.4. The highest BCUT2D eigenvalue weighted by Crippen LogP contribution is 2.26. The minimum absolute atomic E-state index is 0.0486. The third-order valence-corrected chi connectivity index (χ3v) is 13.6. The first-order valence-electron chi connectivity index (χ1n) is 29.8. The van der Waals surface area contributed by atoms with Crippen LogP contribution in [-0.4, -0.2) is 142 Å². The number of rotatable bonds is 47. The SMILES string of the molecule is CC/C=C\C/C=C\C/C=C\C/C=C\C/C=C\CCCCCCCCCCCCOCC(COC1OC(COC2OC(CO)C(O)C(O)C2O)C(O)C(O)C1O)OC(=O)CCCCCCCCC/C=C\C/C=C\C/C=C\CC. The molecular formula is C63H106O14. The summed E-state index contributed by atoms with van der Waals surface area (Å²) < 4.78 is 34.4. The minimum atomic E-state index is -1.72. The number of esters is 1. The molecule has 11 unspecified atom stereocenters. The van der Waals surface area contributed by atoms with Crippen LogP contribution >= 0.6 is 0 Å². The number of hydrogen-bond donors (Lipinski definition) is 7. The maximum atomic E-state index is 13.1. The van der Waals surface area contributed by atoms with E-state index < -0.39 is 86.7 Å². The van der Waals surface area contributed by atoms with Gasteiger partial charge in [0.1, 0.15) is 54.9 Å². The molecule has 11 atom stereocenters. The Bertz CT molecular complexity index is 1640. The summed E-state index contributed by atoms with van der Waals surface area (Å²) in [6.45, 7) is 3.43. The zero-order chi connectivity index (χ0) is 55.8. The zero-order valence-corrected chi connectivity index (χ0v) is 47.4. The predicted molar refractivity (Wildman–Crippen MR) is 307 cm³/mol. The van der Waals surface area contributed by atoms with Gasteiger partial charge in [-0.15, -0.1) is 0 Å². The van der Waals surface area contributed by atoms with E-state index in [4.69, 9.17) is 28.4 Å². The van der Waals surface area contributed by atoms with Crippen molar-refractivity contribution >= 4 is 5.97 Å². The third kappa shape index (κ3) is 35.3. The van der Waals surface area contributed by atoms with Crippen LogP contribution in [0.1, 0.15) is 194 Å². The van der Waals surface area contributed by atoms with Crippen molar-refractivity contribution in [2.75, 3.05) is 33.0 Å². The zero-order valence-electron chi connectivity index (χ0n) is 47.4. The van der Waals surface area contributed by atoms with Crippen molar-refractivity contribution in [3.63, 3.8) is 0 Å². The quantitative estimate of drug-likeness (QED) is 0.0172. The molecule has 0 bridgehead atoms. The van der Waals surface area contributed by atoms with E-state index in [2.05, 4.69) is 111 Å². The Balaban J connectivity index is 1.70. The van der Waals surface area contributed by atoms with Crippen molar-refractivity contribution in [3.05, 3.63) is 97.2 Å². The minimum Gasteiger partial charge on any atom is -0.457 e. The molecule has 2 aliphatic heterocycles. The van der Waals surface area contributed by atoms with Crippen LogP contribution in [0.25, 0.3) is 0 Å². The second kappa shape index (κ2) is 48.8. The Morgan fingerprint density at radius 2 is 0.805 bits per heavy atom. The number of unbranched alkanes of at least 4 members (excludes halogenated alkanes) is 17. The second-order valence-electron chi connectivity index (χ2n) is 20.4. The van der Waals surface area contributed by atoms with Gasteiger partial charge in [-0.2, -0.15) is 0 Å². The molecule has 2 heterocycles. The predicted octanol–water partition coefficient (Wildman–Crippen LogP) is 11.0. The van der Waals surface area contributed by atoms with Crippen molar-refractivity contribution in [3.8, 4) is 0 Å². The van der Waals surface area contributed by atoms with Crippen molar-refractivity contribution in [2.45, 2.75) is 261 Å². The number of aliphatic hydroxyl groups excluding tert-OH is 7. The molecule has 0 aliphatic carbocycles. The Morgan fingerprint density at radius 3 is 1.26 bits per heavy atom. The van der Waals surface area contributed by atoms with Gasteiger partial charge in [-0.25, -0.2) is 0 Å². The second-order valence-corrected chi connectivity index (χ2v) is 20.4. The number of allylic oxidation sites excluding steroid dienone is 16. The van der Waals surface area contributed by atoms with E-state index in [0.717, 1.165) is 109 Å². The molecule has 0 aromatic rings. The topological polar surface area (TPSA) is 214 Å². The van der Waals surface area contributed by atoms with Crippen LogP contribution in [0.3, 0.4) is 0 Å². The fraction of sp³-hybridized carbons (Fsp3) is 0.730. The van der Waals surface area contributed by atoms with E-state index in [-0.39, 0.29) is 19.6 Å². The van der Waals surface area contributed by atoms with E-state index in [1.807, 2.05) is 0 Å². The van der Waals surface area contributed by atoms with Gasteiger partial charge in [0.25, 0.3) is 0 Å². The fourth-order valence-electron chi connectivity index (χ4n) is 8.86. The molecule has 0 saturated carbocycles. The number of carbonyl (C=O) groups is 1. The van der Waals surface area contributed by atoms with Crippen molar-refractivity contribution in [1.29, 1.82) is 0 Å². The van der Waals surface area contributed by atoms with Crippen molar-refractivity contribution in [1.82, 2.24) is 0 Å². The lowest BCUT2D eigenvalue weighted by atomic mass is 9.98. The Kier molecular flexibility index (Phi) is 44.4. The van der Waals surface area contributed by atoms with Gasteiger partial charge in [-0.1, -0.05) is 195 Å². The summed E-state index contributed by atoms with van der Waals surface area (Å²) in [5.74, 6) is -0.391. The highest BCUT2D eigenvalue weighted by Gasteiger charge is 2.47. The van der Waals surface area contributed by atoms with Gasteiger partial charge >= 0.3 is 5.97 Å². The van der Waals surface area contributed by atoms with Gasteiger partial charge in [0, 0.05) is 13.0 Å². The molecule has 0 amide bonds. The molecule has 14 heteroatoms. The Labute approximate surface area is 464 Å². The molecular weight excluding hydrogens is 981 g/mol. The van der Waals surface area contributed by atoms with Crippen LogP contribution in [0.5, 0.6) is 0 Å². The average molecular weight is 1090 g/mol. The van der Waals surface area contributed by atoms with Crippen molar-refractivity contribution in [2.24, 2.45) is 0 Å². The van der Waals surface area contributed by atoms with Crippen LogP contribution in [0.15, 0.2) is 97.2 Å². The molecule has 0 aromatic heterocycles. The molecule has 2 rings (SSSR count). The van der Waals surface area contributed by atoms with Gasteiger partial charge in [0.05, 0.1) is 26.4 Å². The standard InChI is InChI=1S/C63H106O14/c1-3-5-7-9-11-13-15-17-19-21-22-23-24-25-26-27-28-29-31-33-35-37-39-41-43-45-47-72-49-52(75-55(65)46-44-42-40-38-36-34-32-30-20-18-16-14-12-10-8-6-4-2)50-73-62-61(71)59(69)57(67)54(77-62)51-74-63-60(70)58(68)56(66)53(48-64)76-63/h5-8,11-14,17-20,22-23,25-26,52-54,56-64,66-71H,3-4,9-10,15-16,21,24,27-51H2,1-2H3/b7-5-,8-6-,13-11-,14-12-,19-17-,20-18-,23-22-,26-25-. The van der Waals surface area contributed by atoms with Crippen LogP contribution in [0.4, 0.5) is 0 Å². The van der Waals surface area contributed by atoms with E-state index >= 15 is 0 Å². The summed E-state index contributed by atoms with van der Waals surface area (Å²) in [6, 6.07) is 0. The van der Waals surface area contributed by atoms with Gasteiger partial charge in [-0.3, -0.25) is 4.79 Å². The van der Waals surface area contributed by atoms with Gasteiger partial charge in [0.2, 0.25) is 0 Å². The first kappa shape index (κ1) is 70.0. The molecule has 14 nitrogen and oxygen atoms in total. The Morgan fingerprint density at radius 1 is 0.429 bits per heavy atom. The first-order chi connectivity index (χ1) is 37.6. The molecule has 7 N–H and O–H groups in total. The number of hydrogen-bond acceptors (Lipinski definition) is 14. The molecule has 0 radical (unpaired) electrons.